The monoisotopic (exact) mass is 408 g/mol. The summed E-state index contributed by atoms with van der Waals surface area (Å²) >= 11 is 0. The van der Waals surface area contributed by atoms with Crippen molar-refractivity contribution in [1.29, 1.82) is 5.41 Å². The Morgan fingerprint density at radius 3 is 2.04 bits per heavy atom. The summed E-state index contributed by atoms with van der Waals surface area (Å²) in [6.07, 6.45) is 0. The third-order valence-corrected chi connectivity index (χ3v) is 6.39. The quantitative estimate of drug-likeness (QED) is 0.589. The number of sulfonamides is 1. The van der Waals surface area contributed by atoms with Crippen molar-refractivity contribution in [2.45, 2.75) is 4.90 Å². The van der Waals surface area contributed by atoms with E-state index in [1.54, 1.807) is 24.3 Å². The molecule has 0 unspecified atom stereocenters. The van der Waals surface area contributed by atoms with Crippen molar-refractivity contribution in [3.8, 4) is 0 Å². The molecule has 7 nitrogen and oxygen atoms in total. The highest BCUT2D eigenvalue weighted by Gasteiger charge is 2.31. The molecule has 2 aromatic rings. The van der Waals surface area contributed by atoms with Crippen molar-refractivity contribution in [3.05, 3.63) is 65.2 Å². The number of halogens is 2. The molecular formula is C18H18F2N4O3S. The molecule has 0 saturated carbocycles. The standard InChI is InChI=1S/C18H18F2N4O3S/c19-15-6-5-14(11-16(15)20)28(26,27)24-9-7-23(8-10-24)18(25)13-3-1-12(2-4-13)17(21)22/h1-6,11H,7-10H2,(H3,21,22). The first-order chi connectivity index (χ1) is 13.2. The van der Waals surface area contributed by atoms with Crippen molar-refractivity contribution in [1.82, 2.24) is 9.21 Å². The van der Waals surface area contributed by atoms with E-state index >= 15 is 0 Å². The van der Waals surface area contributed by atoms with E-state index in [4.69, 9.17) is 11.1 Å². The number of hydrogen-bond acceptors (Lipinski definition) is 4. The minimum Gasteiger partial charge on any atom is -0.384 e. The molecule has 1 heterocycles. The summed E-state index contributed by atoms with van der Waals surface area (Å²) in [6, 6.07) is 8.69. The van der Waals surface area contributed by atoms with Gasteiger partial charge in [-0.2, -0.15) is 4.31 Å². The molecule has 28 heavy (non-hydrogen) atoms. The first kappa shape index (κ1) is 19.9. The van der Waals surface area contributed by atoms with Gasteiger partial charge in [-0.1, -0.05) is 12.1 Å². The van der Waals surface area contributed by atoms with Crippen LogP contribution in [0.1, 0.15) is 15.9 Å². The molecule has 1 amide bonds. The Kier molecular flexibility index (Phi) is 5.43. The van der Waals surface area contributed by atoms with Gasteiger partial charge in [-0.05, 0) is 30.3 Å². The molecule has 0 atom stereocenters. The van der Waals surface area contributed by atoms with Crippen molar-refractivity contribution in [2.24, 2.45) is 5.73 Å². The zero-order chi connectivity index (χ0) is 20.5. The number of amides is 1. The largest absolute Gasteiger partial charge is 0.384 e. The number of hydrogen-bond donors (Lipinski definition) is 2. The van der Waals surface area contributed by atoms with Gasteiger partial charge in [0.1, 0.15) is 5.84 Å². The molecule has 2 aromatic carbocycles. The predicted octanol–water partition coefficient (Wildman–Crippen LogP) is 1.40. The number of carbonyl (C=O) groups is 1. The first-order valence-electron chi connectivity index (χ1n) is 8.39. The van der Waals surface area contributed by atoms with E-state index in [9.17, 15) is 22.0 Å². The number of amidine groups is 1. The van der Waals surface area contributed by atoms with Crippen molar-refractivity contribution >= 4 is 21.8 Å². The topological polar surface area (TPSA) is 108 Å². The van der Waals surface area contributed by atoms with E-state index < -0.39 is 21.7 Å². The number of carbonyl (C=O) groups excluding carboxylic acids is 1. The number of nitrogens with one attached hydrogen (secondary N) is 1. The number of benzene rings is 2. The summed E-state index contributed by atoms with van der Waals surface area (Å²) in [4.78, 5) is 13.8. The van der Waals surface area contributed by atoms with Crippen LogP contribution in [0.15, 0.2) is 47.4 Å². The molecule has 3 rings (SSSR count). The SMILES string of the molecule is N=C(N)c1ccc(C(=O)N2CCN(S(=O)(=O)c3ccc(F)c(F)c3)CC2)cc1. The molecule has 0 aromatic heterocycles. The first-order valence-corrected chi connectivity index (χ1v) is 9.83. The molecule has 0 spiro atoms. The molecule has 0 radical (unpaired) electrons. The number of rotatable bonds is 4. The lowest BCUT2D eigenvalue weighted by atomic mass is 10.1. The van der Waals surface area contributed by atoms with Gasteiger partial charge in [-0.25, -0.2) is 17.2 Å². The van der Waals surface area contributed by atoms with Crippen LogP contribution in [0.5, 0.6) is 0 Å². The second-order valence-corrected chi connectivity index (χ2v) is 8.20. The maximum Gasteiger partial charge on any atom is 0.253 e. The van der Waals surface area contributed by atoms with Crippen LogP contribution in [0.25, 0.3) is 0 Å². The number of nitrogens with zero attached hydrogens (tertiary/aromatic N) is 2. The average molecular weight is 408 g/mol. The van der Waals surface area contributed by atoms with Crippen LogP contribution in [0.2, 0.25) is 0 Å². The number of nitrogen functional groups attached to an aromatic ring is 1. The fourth-order valence-electron chi connectivity index (χ4n) is 2.89. The van der Waals surface area contributed by atoms with E-state index in [0.29, 0.717) is 17.2 Å². The zero-order valence-electron chi connectivity index (χ0n) is 14.7. The average Bonchev–Trinajstić information content (AvgIpc) is 2.69. The minimum atomic E-state index is -3.98. The van der Waals surface area contributed by atoms with Gasteiger partial charge in [0, 0.05) is 37.3 Å². The maximum absolute atomic E-state index is 13.4. The summed E-state index contributed by atoms with van der Waals surface area (Å²) in [6.45, 7) is 0.406. The van der Waals surface area contributed by atoms with Gasteiger partial charge in [0.05, 0.1) is 4.90 Å². The lowest BCUT2D eigenvalue weighted by Crippen LogP contribution is -2.50. The van der Waals surface area contributed by atoms with Crippen molar-refractivity contribution in [2.75, 3.05) is 26.2 Å². The Balaban J connectivity index is 1.68. The molecular weight excluding hydrogens is 390 g/mol. The molecule has 1 saturated heterocycles. The molecule has 0 bridgehead atoms. The van der Waals surface area contributed by atoms with Gasteiger partial charge >= 0.3 is 0 Å². The smallest absolute Gasteiger partial charge is 0.253 e. The molecule has 1 fully saturated rings. The van der Waals surface area contributed by atoms with Gasteiger partial charge in [0.25, 0.3) is 5.91 Å². The van der Waals surface area contributed by atoms with Gasteiger partial charge in [0.15, 0.2) is 11.6 Å². The van der Waals surface area contributed by atoms with Gasteiger partial charge in [-0.3, -0.25) is 10.2 Å². The second-order valence-electron chi connectivity index (χ2n) is 6.26. The molecule has 1 aliphatic heterocycles. The van der Waals surface area contributed by atoms with Crippen molar-refractivity contribution < 1.29 is 22.0 Å². The van der Waals surface area contributed by atoms with Gasteiger partial charge < -0.3 is 10.6 Å². The Hall–Kier alpha value is -2.85. The van der Waals surface area contributed by atoms with Crippen LogP contribution in [0, 0.1) is 17.0 Å². The fourth-order valence-corrected chi connectivity index (χ4v) is 4.33. The molecule has 3 N–H and O–H groups in total. The highest BCUT2D eigenvalue weighted by atomic mass is 32.2. The van der Waals surface area contributed by atoms with E-state index in [0.717, 1.165) is 16.4 Å². The third-order valence-electron chi connectivity index (χ3n) is 4.50. The van der Waals surface area contributed by atoms with Crippen molar-refractivity contribution in [3.63, 3.8) is 0 Å². The third kappa shape index (κ3) is 3.87. The summed E-state index contributed by atoms with van der Waals surface area (Å²) in [5, 5.41) is 7.36. The minimum absolute atomic E-state index is 0.0403. The van der Waals surface area contributed by atoms with Gasteiger partial charge in [0.2, 0.25) is 10.0 Å². The summed E-state index contributed by atoms with van der Waals surface area (Å²) < 4.78 is 52.8. The second kappa shape index (κ2) is 7.64. The zero-order valence-corrected chi connectivity index (χ0v) is 15.5. The summed E-state index contributed by atoms with van der Waals surface area (Å²) in [7, 11) is -3.98. The Labute approximate surface area is 160 Å². The molecule has 0 aliphatic carbocycles. The molecule has 10 heteroatoms. The Morgan fingerprint density at radius 2 is 1.50 bits per heavy atom. The van der Waals surface area contributed by atoms with Crippen LogP contribution in [-0.2, 0) is 10.0 Å². The lowest BCUT2D eigenvalue weighted by Gasteiger charge is -2.34. The van der Waals surface area contributed by atoms with Crippen LogP contribution in [0.3, 0.4) is 0 Å². The summed E-state index contributed by atoms with van der Waals surface area (Å²) in [5.74, 6) is -2.72. The highest BCUT2D eigenvalue weighted by molar-refractivity contribution is 7.89. The Morgan fingerprint density at radius 1 is 0.929 bits per heavy atom. The van der Waals surface area contributed by atoms with E-state index in [1.165, 1.54) is 4.90 Å². The molecule has 1 aliphatic rings. The normalized spacial score (nSPS) is 15.4. The van der Waals surface area contributed by atoms with Crippen LogP contribution < -0.4 is 5.73 Å². The van der Waals surface area contributed by atoms with Crippen LogP contribution in [-0.4, -0.2) is 55.5 Å². The van der Waals surface area contributed by atoms with Gasteiger partial charge in [-0.15, -0.1) is 0 Å². The number of piperazine rings is 1. The Bertz CT molecular complexity index is 1020. The predicted molar refractivity (Wildman–Crippen MR) is 98.5 cm³/mol. The summed E-state index contributed by atoms with van der Waals surface area (Å²) in [5.41, 5.74) is 6.29. The van der Waals surface area contributed by atoms with Crippen LogP contribution in [0.4, 0.5) is 8.78 Å². The maximum atomic E-state index is 13.4. The molecule has 148 valence electrons. The lowest BCUT2D eigenvalue weighted by molar-refractivity contribution is 0.0698. The highest BCUT2D eigenvalue weighted by Crippen LogP contribution is 2.20. The number of nitrogens with two attached hydrogens (primary N) is 1. The van der Waals surface area contributed by atoms with E-state index in [2.05, 4.69) is 0 Å². The van der Waals surface area contributed by atoms with Crippen LogP contribution >= 0.6 is 0 Å². The van der Waals surface area contributed by atoms with E-state index in [1.807, 2.05) is 0 Å². The van der Waals surface area contributed by atoms with E-state index in [-0.39, 0.29) is 42.8 Å². The fraction of sp³-hybridized carbons (Fsp3) is 0.222.